The number of hydrazone groups is 1. The summed E-state index contributed by atoms with van der Waals surface area (Å²) < 4.78 is 31.5. The van der Waals surface area contributed by atoms with E-state index in [4.69, 9.17) is 4.74 Å². The molecule has 0 bridgehead atoms. The van der Waals surface area contributed by atoms with E-state index in [1.807, 2.05) is 6.07 Å². The smallest absolute Gasteiger partial charge is 0.255 e. The Morgan fingerprint density at radius 2 is 2.08 bits per heavy atom. The lowest BCUT2D eigenvalue weighted by Crippen LogP contribution is -2.45. The van der Waals surface area contributed by atoms with Crippen LogP contribution in [-0.2, 0) is 14.8 Å². The van der Waals surface area contributed by atoms with Crippen LogP contribution in [0.3, 0.4) is 0 Å². The lowest BCUT2D eigenvalue weighted by molar-refractivity contribution is -0.121. The van der Waals surface area contributed by atoms with E-state index in [9.17, 15) is 13.2 Å². The van der Waals surface area contributed by atoms with Gasteiger partial charge in [-0.2, -0.15) is 9.41 Å². The standard InChI is InChI=1S/C17H24BrN3O4S/c1-25-16-9-8-14(18)10-13(16)11-19-20-17(22)12-21(26(2,23)24)15-6-4-3-5-7-15/h8-11,15H,3-7,12H2,1-2H3,(H,20,22). The molecule has 0 atom stereocenters. The number of carbonyl (C=O) groups is 1. The van der Waals surface area contributed by atoms with Gasteiger partial charge in [-0.25, -0.2) is 13.8 Å². The largest absolute Gasteiger partial charge is 0.496 e. The molecule has 0 saturated heterocycles. The van der Waals surface area contributed by atoms with E-state index in [1.54, 1.807) is 19.2 Å². The van der Waals surface area contributed by atoms with Gasteiger partial charge in [0.25, 0.3) is 5.91 Å². The van der Waals surface area contributed by atoms with Crippen LogP contribution >= 0.6 is 15.9 Å². The Hall–Kier alpha value is -1.45. The van der Waals surface area contributed by atoms with Gasteiger partial charge in [0.15, 0.2) is 0 Å². The number of carbonyl (C=O) groups excluding carboxylic acids is 1. The van der Waals surface area contributed by atoms with Crippen LogP contribution in [0.1, 0.15) is 37.7 Å². The molecule has 1 aromatic carbocycles. The molecule has 9 heteroatoms. The Kier molecular flexibility index (Phi) is 7.60. The quantitative estimate of drug-likeness (QED) is 0.515. The number of amides is 1. The maximum absolute atomic E-state index is 12.2. The molecule has 26 heavy (non-hydrogen) atoms. The summed E-state index contributed by atoms with van der Waals surface area (Å²) in [4.78, 5) is 12.2. The van der Waals surface area contributed by atoms with Crippen LogP contribution in [0.15, 0.2) is 27.8 Å². The van der Waals surface area contributed by atoms with Gasteiger partial charge in [-0.1, -0.05) is 35.2 Å². The van der Waals surface area contributed by atoms with Gasteiger partial charge in [0.05, 0.1) is 26.1 Å². The molecule has 7 nitrogen and oxygen atoms in total. The van der Waals surface area contributed by atoms with E-state index in [1.165, 1.54) is 10.5 Å². The molecule has 144 valence electrons. The summed E-state index contributed by atoms with van der Waals surface area (Å²) in [6, 6.07) is 5.31. The topological polar surface area (TPSA) is 88.1 Å². The number of rotatable bonds is 7. The zero-order chi connectivity index (χ0) is 19.2. The van der Waals surface area contributed by atoms with Crippen molar-refractivity contribution in [1.29, 1.82) is 0 Å². The van der Waals surface area contributed by atoms with Crippen molar-refractivity contribution in [2.45, 2.75) is 38.1 Å². The summed E-state index contributed by atoms with van der Waals surface area (Å²) in [5, 5.41) is 3.92. The second-order valence-corrected chi connectivity index (χ2v) is 9.13. The van der Waals surface area contributed by atoms with Crippen molar-refractivity contribution < 1.29 is 17.9 Å². The molecule has 0 heterocycles. The van der Waals surface area contributed by atoms with Crippen molar-refractivity contribution in [3.05, 3.63) is 28.2 Å². The molecule has 0 unspecified atom stereocenters. The van der Waals surface area contributed by atoms with Crippen LogP contribution in [0.5, 0.6) is 5.75 Å². The van der Waals surface area contributed by atoms with Crippen molar-refractivity contribution in [2.24, 2.45) is 5.10 Å². The first-order valence-corrected chi connectivity index (χ1v) is 11.1. The Balaban J connectivity index is 2.01. The molecule has 0 aromatic heterocycles. The molecule has 0 spiro atoms. The minimum Gasteiger partial charge on any atom is -0.496 e. The van der Waals surface area contributed by atoms with Crippen LogP contribution < -0.4 is 10.2 Å². The third-order valence-corrected chi connectivity index (χ3v) is 6.06. The Bertz CT molecular complexity index is 761. The minimum atomic E-state index is -3.46. The molecule has 1 aliphatic rings. The van der Waals surface area contributed by atoms with Crippen molar-refractivity contribution in [1.82, 2.24) is 9.73 Å². The number of nitrogens with one attached hydrogen (secondary N) is 1. The highest BCUT2D eigenvalue weighted by Gasteiger charge is 2.29. The number of benzene rings is 1. The highest BCUT2D eigenvalue weighted by Crippen LogP contribution is 2.24. The van der Waals surface area contributed by atoms with Gasteiger partial charge in [0, 0.05) is 16.1 Å². The molecule has 1 aliphatic carbocycles. The molecule has 1 N–H and O–H groups in total. The number of methoxy groups -OCH3 is 1. The summed E-state index contributed by atoms with van der Waals surface area (Å²) >= 11 is 3.37. The number of hydrogen-bond acceptors (Lipinski definition) is 5. The Morgan fingerprint density at radius 3 is 2.69 bits per heavy atom. The average Bonchev–Trinajstić information content (AvgIpc) is 2.60. The monoisotopic (exact) mass is 445 g/mol. The predicted molar refractivity (Wildman–Crippen MR) is 105 cm³/mol. The van der Waals surface area contributed by atoms with E-state index >= 15 is 0 Å². The Morgan fingerprint density at radius 1 is 1.38 bits per heavy atom. The van der Waals surface area contributed by atoms with Crippen LogP contribution in [-0.4, -0.2) is 50.8 Å². The predicted octanol–water partition coefficient (Wildman–Crippen LogP) is 2.50. The van der Waals surface area contributed by atoms with Gasteiger partial charge < -0.3 is 4.74 Å². The van der Waals surface area contributed by atoms with Crippen molar-refractivity contribution in [2.75, 3.05) is 19.9 Å². The first-order valence-electron chi connectivity index (χ1n) is 8.43. The van der Waals surface area contributed by atoms with Crippen molar-refractivity contribution in [3.8, 4) is 5.75 Å². The average molecular weight is 446 g/mol. The van der Waals surface area contributed by atoms with Crippen molar-refractivity contribution in [3.63, 3.8) is 0 Å². The van der Waals surface area contributed by atoms with E-state index < -0.39 is 15.9 Å². The number of nitrogens with zero attached hydrogens (tertiary/aromatic N) is 2. The molecule has 1 fully saturated rings. The van der Waals surface area contributed by atoms with E-state index in [2.05, 4.69) is 26.5 Å². The van der Waals surface area contributed by atoms with Gasteiger partial charge >= 0.3 is 0 Å². The Labute approximate surface area is 163 Å². The van der Waals surface area contributed by atoms with E-state index in [0.717, 1.165) is 42.8 Å². The first-order chi connectivity index (χ1) is 12.3. The fourth-order valence-corrected chi connectivity index (χ4v) is 4.53. The molecular formula is C17H24BrN3O4S. The fourth-order valence-electron chi connectivity index (χ4n) is 3.04. The molecule has 1 aromatic rings. The van der Waals surface area contributed by atoms with Gasteiger partial charge in [-0.15, -0.1) is 0 Å². The van der Waals surface area contributed by atoms with Gasteiger partial charge in [0.2, 0.25) is 10.0 Å². The molecule has 1 amide bonds. The third kappa shape index (κ3) is 6.07. The summed E-state index contributed by atoms with van der Waals surface area (Å²) in [5.41, 5.74) is 3.09. The number of sulfonamides is 1. The van der Waals surface area contributed by atoms with Crippen molar-refractivity contribution >= 4 is 38.1 Å². The summed E-state index contributed by atoms with van der Waals surface area (Å²) in [6.45, 7) is -0.226. The molecule has 0 radical (unpaired) electrons. The fraction of sp³-hybridized carbons (Fsp3) is 0.529. The summed E-state index contributed by atoms with van der Waals surface area (Å²) in [5.74, 6) is 0.150. The maximum Gasteiger partial charge on any atom is 0.255 e. The molecule has 2 rings (SSSR count). The van der Waals surface area contributed by atoms with Crippen LogP contribution in [0.4, 0.5) is 0 Å². The van der Waals surface area contributed by atoms with E-state index in [0.29, 0.717) is 11.3 Å². The SMILES string of the molecule is COc1ccc(Br)cc1C=NNC(=O)CN(C1CCCCC1)S(C)(=O)=O. The zero-order valence-electron chi connectivity index (χ0n) is 14.9. The molecule has 1 saturated carbocycles. The zero-order valence-corrected chi connectivity index (χ0v) is 17.3. The third-order valence-electron chi connectivity index (χ3n) is 4.29. The minimum absolute atomic E-state index is 0.112. The second-order valence-electron chi connectivity index (χ2n) is 6.28. The summed E-state index contributed by atoms with van der Waals surface area (Å²) in [7, 11) is -1.91. The lowest BCUT2D eigenvalue weighted by Gasteiger charge is -2.31. The van der Waals surface area contributed by atoms with Crippen LogP contribution in [0, 0.1) is 0 Å². The highest BCUT2D eigenvalue weighted by molar-refractivity contribution is 9.10. The maximum atomic E-state index is 12.2. The number of hydrogen-bond donors (Lipinski definition) is 1. The summed E-state index contributed by atoms with van der Waals surface area (Å²) in [6.07, 6.45) is 7.27. The first kappa shape index (κ1) is 20.9. The van der Waals surface area contributed by atoms with Crippen LogP contribution in [0.25, 0.3) is 0 Å². The van der Waals surface area contributed by atoms with E-state index in [-0.39, 0.29) is 12.6 Å². The van der Waals surface area contributed by atoms with Gasteiger partial charge in [-0.05, 0) is 31.0 Å². The van der Waals surface area contributed by atoms with Gasteiger partial charge in [-0.3, -0.25) is 4.79 Å². The highest BCUT2D eigenvalue weighted by atomic mass is 79.9. The van der Waals surface area contributed by atoms with Gasteiger partial charge in [0.1, 0.15) is 5.75 Å². The second kappa shape index (κ2) is 9.48. The lowest BCUT2D eigenvalue weighted by atomic mass is 9.95. The molecule has 0 aliphatic heterocycles. The van der Waals surface area contributed by atoms with Crippen LogP contribution in [0.2, 0.25) is 0 Å². The number of halogens is 1. The normalized spacial score (nSPS) is 16.2. The number of ether oxygens (including phenoxy) is 1. The molecular weight excluding hydrogens is 422 g/mol.